The van der Waals surface area contributed by atoms with E-state index in [9.17, 15) is 23.2 Å². The highest BCUT2D eigenvalue weighted by Gasteiger charge is 2.20. The molecule has 0 amide bonds. The molecular weight excluding hydrogens is 328 g/mol. The quantitative estimate of drug-likeness (QED) is 0.631. The van der Waals surface area contributed by atoms with Crippen LogP contribution in [0.4, 0.5) is 0 Å². The number of hydrogen-bond donors (Lipinski definition) is 3. The summed E-state index contributed by atoms with van der Waals surface area (Å²) in [6.07, 6.45) is 0. The average molecular weight is 342 g/mol. The Kier molecular flexibility index (Phi) is 4.01. The van der Waals surface area contributed by atoms with Gasteiger partial charge < -0.3 is 10.2 Å². The Morgan fingerprint density at radius 2 is 1.17 bits per heavy atom. The van der Waals surface area contributed by atoms with Gasteiger partial charge in [0, 0.05) is 5.56 Å². The predicted octanol–water partition coefficient (Wildman–Crippen LogP) is 3.68. The number of rotatable bonds is 3. The Hall–Kier alpha value is -2.83. The minimum absolute atomic E-state index is 0.0503. The molecule has 3 aromatic rings. The van der Waals surface area contributed by atoms with Gasteiger partial charge in [0.2, 0.25) is 0 Å². The molecular formula is C18H14O5S. The molecule has 6 heteroatoms. The third-order valence-electron chi connectivity index (χ3n) is 3.64. The molecule has 3 aromatic carbocycles. The maximum absolute atomic E-state index is 11.8. The largest absolute Gasteiger partial charge is 0.508 e. The topological polar surface area (TPSA) is 94.8 Å². The first-order valence-corrected chi connectivity index (χ1v) is 8.49. The number of phenols is 2. The molecule has 5 nitrogen and oxygen atoms in total. The van der Waals surface area contributed by atoms with E-state index in [2.05, 4.69) is 0 Å². The lowest BCUT2D eigenvalue weighted by molar-refractivity contribution is 0.475. The number of hydrogen-bond acceptors (Lipinski definition) is 4. The van der Waals surface area contributed by atoms with Gasteiger partial charge in [0.05, 0.1) is 0 Å². The maximum Gasteiger partial charge on any atom is 0.295 e. The second-order valence-electron chi connectivity index (χ2n) is 5.25. The van der Waals surface area contributed by atoms with Gasteiger partial charge >= 0.3 is 0 Å². The van der Waals surface area contributed by atoms with Gasteiger partial charge in [-0.3, -0.25) is 4.55 Å². The molecule has 0 spiro atoms. The molecule has 0 aliphatic rings. The summed E-state index contributed by atoms with van der Waals surface area (Å²) in [7, 11) is -4.44. The summed E-state index contributed by atoms with van der Waals surface area (Å²) < 4.78 is 33.2. The highest BCUT2D eigenvalue weighted by molar-refractivity contribution is 7.86. The van der Waals surface area contributed by atoms with Gasteiger partial charge in [-0.1, -0.05) is 36.4 Å². The molecule has 0 saturated heterocycles. The van der Waals surface area contributed by atoms with E-state index in [1.807, 2.05) is 0 Å². The zero-order valence-corrected chi connectivity index (χ0v) is 13.2. The molecule has 0 radical (unpaired) electrons. The van der Waals surface area contributed by atoms with E-state index in [0.717, 1.165) is 0 Å². The third-order valence-corrected chi connectivity index (χ3v) is 4.53. The van der Waals surface area contributed by atoms with Crippen LogP contribution in [0.3, 0.4) is 0 Å². The second kappa shape index (κ2) is 5.99. The summed E-state index contributed by atoms with van der Waals surface area (Å²) in [5.74, 6) is 0.144. The standard InChI is InChI=1S/C18H14O5S/c19-14-8-4-12(5-9-14)16-2-1-3-17(24(21,22)23)18(16)13-6-10-15(20)11-7-13/h1-11,19-20H,(H,21,22,23). The normalized spacial score (nSPS) is 11.4. The molecule has 0 aliphatic carbocycles. The van der Waals surface area contributed by atoms with Crippen LogP contribution in [0.15, 0.2) is 71.6 Å². The van der Waals surface area contributed by atoms with Crippen molar-refractivity contribution in [3.63, 3.8) is 0 Å². The molecule has 3 N–H and O–H groups in total. The Labute approximate surface area is 139 Å². The second-order valence-corrected chi connectivity index (χ2v) is 6.64. The number of phenolic OH excluding ortho intramolecular Hbond substituents is 2. The first kappa shape index (κ1) is 16.0. The average Bonchev–Trinajstić information content (AvgIpc) is 2.55. The molecule has 0 saturated carbocycles. The van der Waals surface area contributed by atoms with Crippen LogP contribution in [0.2, 0.25) is 0 Å². The fourth-order valence-electron chi connectivity index (χ4n) is 2.55. The molecule has 0 bridgehead atoms. The molecule has 0 fully saturated rings. The van der Waals surface area contributed by atoms with Crippen LogP contribution in [0.1, 0.15) is 0 Å². The molecule has 122 valence electrons. The van der Waals surface area contributed by atoms with E-state index in [1.165, 1.54) is 36.4 Å². The summed E-state index contributed by atoms with van der Waals surface area (Å²) >= 11 is 0. The van der Waals surface area contributed by atoms with Crippen LogP contribution in [0.25, 0.3) is 22.3 Å². The fourth-order valence-corrected chi connectivity index (χ4v) is 3.29. The van der Waals surface area contributed by atoms with E-state index in [4.69, 9.17) is 0 Å². The predicted molar refractivity (Wildman–Crippen MR) is 90.5 cm³/mol. The van der Waals surface area contributed by atoms with E-state index in [-0.39, 0.29) is 16.4 Å². The lowest BCUT2D eigenvalue weighted by Crippen LogP contribution is -2.02. The Balaban J connectivity index is 2.34. The Morgan fingerprint density at radius 1 is 0.667 bits per heavy atom. The molecule has 0 heterocycles. The molecule has 0 aromatic heterocycles. The Morgan fingerprint density at radius 3 is 1.67 bits per heavy atom. The van der Waals surface area contributed by atoms with Crippen molar-refractivity contribution in [1.82, 2.24) is 0 Å². The molecule has 24 heavy (non-hydrogen) atoms. The van der Waals surface area contributed by atoms with Gasteiger partial charge in [0.15, 0.2) is 0 Å². The Bertz CT molecular complexity index is 975. The van der Waals surface area contributed by atoms with Crippen LogP contribution >= 0.6 is 0 Å². The van der Waals surface area contributed by atoms with Crippen LogP contribution in [0, 0.1) is 0 Å². The zero-order chi connectivity index (χ0) is 17.3. The zero-order valence-electron chi connectivity index (χ0n) is 12.4. The van der Waals surface area contributed by atoms with Crippen molar-refractivity contribution in [2.24, 2.45) is 0 Å². The number of benzene rings is 3. The van der Waals surface area contributed by atoms with Crippen molar-refractivity contribution in [3.05, 3.63) is 66.7 Å². The van der Waals surface area contributed by atoms with E-state index in [0.29, 0.717) is 22.3 Å². The highest BCUT2D eigenvalue weighted by Crippen LogP contribution is 2.38. The summed E-state index contributed by atoms with van der Waals surface area (Å²) in [6, 6.07) is 16.9. The van der Waals surface area contributed by atoms with Crippen LogP contribution in [0.5, 0.6) is 11.5 Å². The van der Waals surface area contributed by atoms with E-state index < -0.39 is 10.1 Å². The van der Waals surface area contributed by atoms with Gasteiger partial charge in [0.25, 0.3) is 10.1 Å². The molecule has 0 aliphatic heterocycles. The summed E-state index contributed by atoms with van der Waals surface area (Å²) in [5, 5.41) is 18.9. The molecule has 3 rings (SSSR count). The van der Waals surface area contributed by atoms with Crippen molar-refractivity contribution in [1.29, 1.82) is 0 Å². The number of aromatic hydroxyl groups is 2. The van der Waals surface area contributed by atoms with Crippen molar-refractivity contribution in [2.75, 3.05) is 0 Å². The summed E-state index contributed by atoms with van der Waals surface area (Å²) in [6.45, 7) is 0. The van der Waals surface area contributed by atoms with Crippen LogP contribution in [-0.2, 0) is 10.1 Å². The lowest BCUT2D eigenvalue weighted by Gasteiger charge is -2.14. The molecule has 0 unspecified atom stereocenters. The highest BCUT2D eigenvalue weighted by atomic mass is 32.2. The third kappa shape index (κ3) is 3.10. The first-order valence-electron chi connectivity index (χ1n) is 7.05. The van der Waals surface area contributed by atoms with Crippen LogP contribution < -0.4 is 0 Å². The van der Waals surface area contributed by atoms with E-state index in [1.54, 1.807) is 30.3 Å². The lowest BCUT2D eigenvalue weighted by atomic mass is 9.94. The van der Waals surface area contributed by atoms with Gasteiger partial charge in [-0.2, -0.15) is 8.42 Å². The fraction of sp³-hybridized carbons (Fsp3) is 0. The van der Waals surface area contributed by atoms with Crippen LogP contribution in [-0.4, -0.2) is 23.2 Å². The minimum atomic E-state index is -4.44. The van der Waals surface area contributed by atoms with Crippen molar-refractivity contribution in [3.8, 4) is 33.8 Å². The maximum atomic E-state index is 11.8. The van der Waals surface area contributed by atoms with Gasteiger partial charge in [0.1, 0.15) is 16.4 Å². The van der Waals surface area contributed by atoms with Crippen molar-refractivity contribution in [2.45, 2.75) is 4.90 Å². The summed E-state index contributed by atoms with van der Waals surface area (Å²) in [4.78, 5) is -0.223. The van der Waals surface area contributed by atoms with Gasteiger partial charge in [-0.15, -0.1) is 0 Å². The van der Waals surface area contributed by atoms with E-state index >= 15 is 0 Å². The first-order chi connectivity index (χ1) is 11.4. The monoisotopic (exact) mass is 342 g/mol. The van der Waals surface area contributed by atoms with Gasteiger partial charge in [-0.05, 0) is 47.0 Å². The summed E-state index contributed by atoms with van der Waals surface area (Å²) in [5.41, 5.74) is 2.12. The van der Waals surface area contributed by atoms with Gasteiger partial charge in [-0.25, -0.2) is 0 Å². The smallest absolute Gasteiger partial charge is 0.295 e. The minimum Gasteiger partial charge on any atom is -0.508 e. The van der Waals surface area contributed by atoms with Crippen molar-refractivity contribution < 1.29 is 23.2 Å². The van der Waals surface area contributed by atoms with Crippen molar-refractivity contribution >= 4 is 10.1 Å². The SMILES string of the molecule is O=S(=O)(O)c1cccc(-c2ccc(O)cc2)c1-c1ccc(O)cc1. The molecule has 0 atom stereocenters.